The Kier molecular flexibility index (Phi) is 2.45. The van der Waals surface area contributed by atoms with E-state index in [4.69, 9.17) is 5.26 Å². The number of rotatable bonds is 2. The second kappa shape index (κ2) is 3.54. The van der Waals surface area contributed by atoms with Gasteiger partial charge in [0.25, 0.3) is 10.0 Å². The molecule has 0 aromatic carbocycles. The third kappa shape index (κ3) is 1.68. The Labute approximate surface area is 94.4 Å². The van der Waals surface area contributed by atoms with Gasteiger partial charge in [0.2, 0.25) is 0 Å². The van der Waals surface area contributed by atoms with Gasteiger partial charge in [-0.3, -0.25) is 0 Å². The first kappa shape index (κ1) is 11.0. The Bertz CT molecular complexity index is 527. The van der Waals surface area contributed by atoms with Gasteiger partial charge in [-0.1, -0.05) is 6.07 Å². The second-order valence-corrected chi connectivity index (χ2v) is 6.00. The van der Waals surface area contributed by atoms with E-state index in [2.05, 4.69) is 11.1 Å². The summed E-state index contributed by atoms with van der Waals surface area (Å²) in [6, 6.07) is 6.85. The van der Waals surface area contributed by atoms with Crippen molar-refractivity contribution >= 4 is 10.0 Å². The standard InChI is InChI=1S/C10H11N3O2S/c1-10(6-11)7-13(8-10)16(14,15)9-4-2-3-5-12-9/h2-5H,7-8H2,1H3. The maximum Gasteiger partial charge on any atom is 0.260 e. The molecule has 0 saturated carbocycles. The predicted octanol–water partition coefficient (Wildman–Crippen LogP) is 0.616. The summed E-state index contributed by atoms with van der Waals surface area (Å²) in [5.41, 5.74) is -0.554. The molecule has 5 nitrogen and oxygen atoms in total. The van der Waals surface area contributed by atoms with Crippen molar-refractivity contribution in [3.63, 3.8) is 0 Å². The molecule has 0 N–H and O–H groups in total. The number of nitrogens with zero attached hydrogens (tertiary/aromatic N) is 3. The van der Waals surface area contributed by atoms with E-state index in [-0.39, 0.29) is 18.1 Å². The normalized spacial score (nSPS) is 19.8. The highest BCUT2D eigenvalue weighted by Gasteiger charge is 2.45. The van der Waals surface area contributed by atoms with Crippen LogP contribution in [0.3, 0.4) is 0 Å². The van der Waals surface area contributed by atoms with Crippen LogP contribution in [0.25, 0.3) is 0 Å². The van der Waals surface area contributed by atoms with E-state index >= 15 is 0 Å². The van der Waals surface area contributed by atoms with E-state index in [1.54, 1.807) is 19.1 Å². The van der Waals surface area contributed by atoms with Crippen LogP contribution >= 0.6 is 0 Å². The van der Waals surface area contributed by atoms with Crippen LogP contribution in [0.5, 0.6) is 0 Å². The highest BCUT2D eigenvalue weighted by atomic mass is 32.2. The second-order valence-electron chi connectivity index (χ2n) is 4.11. The van der Waals surface area contributed by atoms with Gasteiger partial charge in [-0.2, -0.15) is 9.57 Å². The van der Waals surface area contributed by atoms with Gasteiger partial charge < -0.3 is 0 Å². The molecule has 0 unspecified atom stereocenters. The molecule has 1 fully saturated rings. The highest BCUT2D eigenvalue weighted by Crippen LogP contribution is 2.32. The zero-order valence-electron chi connectivity index (χ0n) is 8.79. The Balaban J connectivity index is 2.22. The van der Waals surface area contributed by atoms with Gasteiger partial charge in [-0.05, 0) is 19.1 Å². The zero-order valence-corrected chi connectivity index (χ0v) is 9.61. The average molecular weight is 237 g/mol. The van der Waals surface area contributed by atoms with Crippen LogP contribution in [0, 0.1) is 16.7 Å². The molecule has 0 amide bonds. The number of hydrogen-bond acceptors (Lipinski definition) is 4. The fourth-order valence-electron chi connectivity index (χ4n) is 1.60. The molecule has 1 aromatic rings. The van der Waals surface area contributed by atoms with Crippen LogP contribution in [0.2, 0.25) is 0 Å². The fraction of sp³-hybridized carbons (Fsp3) is 0.400. The molecule has 1 aliphatic rings. The summed E-state index contributed by atoms with van der Waals surface area (Å²) in [6.07, 6.45) is 1.44. The van der Waals surface area contributed by atoms with Crippen molar-refractivity contribution in [2.45, 2.75) is 11.9 Å². The fourth-order valence-corrected chi connectivity index (χ4v) is 3.22. The van der Waals surface area contributed by atoms with E-state index < -0.39 is 15.4 Å². The third-order valence-electron chi connectivity index (χ3n) is 2.56. The van der Waals surface area contributed by atoms with Crippen molar-refractivity contribution in [2.24, 2.45) is 5.41 Å². The summed E-state index contributed by atoms with van der Waals surface area (Å²) >= 11 is 0. The Hall–Kier alpha value is -1.45. The van der Waals surface area contributed by atoms with Crippen LogP contribution in [0.15, 0.2) is 29.4 Å². The Morgan fingerprint density at radius 2 is 2.19 bits per heavy atom. The van der Waals surface area contributed by atoms with Crippen LogP contribution in [0.4, 0.5) is 0 Å². The molecule has 16 heavy (non-hydrogen) atoms. The van der Waals surface area contributed by atoms with Gasteiger partial charge in [-0.15, -0.1) is 0 Å². The number of nitriles is 1. The molecule has 0 atom stereocenters. The van der Waals surface area contributed by atoms with E-state index in [0.29, 0.717) is 0 Å². The third-order valence-corrected chi connectivity index (χ3v) is 4.27. The van der Waals surface area contributed by atoms with Crippen LogP contribution < -0.4 is 0 Å². The van der Waals surface area contributed by atoms with Gasteiger partial charge in [0.15, 0.2) is 5.03 Å². The number of sulfonamides is 1. The number of hydrogen-bond donors (Lipinski definition) is 0. The molecule has 1 aromatic heterocycles. The largest absolute Gasteiger partial charge is 0.260 e. The molecule has 0 aliphatic carbocycles. The lowest BCUT2D eigenvalue weighted by molar-refractivity contribution is 0.149. The molecule has 0 spiro atoms. The average Bonchev–Trinajstić information content (AvgIpc) is 2.26. The quantitative estimate of drug-likeness (QED) is 0.755. The summed E-state index contributed by atoms with van der Waals surface area (Å²) in [6.45, 7) is 2.22. The maximum absolute atomic E-state index is 12.0. The minimum atomic E-state index is -3.51. The molecule has 0 bridgehead atoms. The smallest absolute Gasteiger partial charge is 0.243 e. The number of pyridine rings is 1. The van der Waals surface area contributed by atoms with Crippen molar-refractivity contribution in [3.05, 3.63) is 24.4 Å². The molecular weight excluding hydrogens is 226 g/mol. The summed E-state index contributed by atoms with van der Waals surface area (Å²) in [7, 11) is -3.51. The predicted molar refractivity (Wildman–Crippen MR) is 56.7 cm³/mol. The minimum absolute atomic E-state index is 0.0370. The maximum atomic E-state index is 12.0. The molecule has 1 saturated heterocycles. The molecule has 0 radical (unpaired) electrons. The monoisotopic (exact) mass is 237 g/mol. The van der Waals surface area contributed by atoms with Crippen LogP contribution in [-0.2, 0) is 10.0 Å². The lowest BCUT2D eigenvalue weighted by Gasteiger charge is -2.41. The first-order valence-electron chi connectivity index (χ1n) is 4.80. The number of aromatic nitrogens is 1. The first-order valence-corrected chi connectivity index (χ1v) is 6.24. The van der Waals surface area contributed by atoms with Crippen LogP contribution in [-0.4, -0.2) is 30.8 Å². The zero-order chi connectivity index (χ0) is 11.8. The van der Waals surface area contributed by atoms with Gasteiger partial charge in [0.05, 0.1) is 11.5 Å². The Morgan fingerprint density at radius 3 is 2.69 bits per heavy atom. The minimum Gasteiger partial charge on any atom is -0.243 e. The summed E-state index contributed by atoms with van der Waals surface area (Å²) in [5.74, 6) is 0. The molecule has 2 heterocycles. The SMILES string of the molecule is CC1(C#N)CN(S(=O)(=O)c2ccccn2)C1. The lowest BCUT2D eigenvalue weighted by atomic mass is 9.86. The van der Waals surface area contributed by atoms with Crippen molar-refractivity contribution in [3.8, 4) is 6.07 Å². The van der Waals surface area contributed by atoms with Gasteiger partial charge in [0, 0.05) is 19.3 Å². The van der Waals surface area contributed by atoms with E-state index in [0.717, 1.165) is 0 Å². The summed E-state index contributed by atoms with van der Waals surface area (Å²) < 4.78 is 25.2. The molecule has 84 valence electrons. The van der Waals surface area contributed by atoms with E-state index in [9.17, 15) is 8.42 Å². The van der Waals surface area contributed by atoms with Crippen molar-refractivity contribution in [1.29, 1.82) is 5.26 Å². The molecule has 6 heteroatoms. The topological polar surface area (TPSA) is 74.1 Å². The molecule has 2 rings (SSSR count). The summed E-state index contributed by atoms with van der Waals surface area (Å²) in [5, 5.41) is 8.85. The first-order chi connectivity index (χ1) is 7.48. The van der Waals surface area contributed by atoms with Gasteiger partial charge in [-0.25, -0.2) is 13.4 Å². The summed E-state index contributed by atoms with van der Waals surface area (Å²) in [4.78, 5) is 3.81. The van der Waals surface area contributed by atoms with Gasteiger partial charge in [0.1, 0.15) is 0 Å². The lowest BCUT2D eigenvalue weighted by Crippen LogP contribution is -2.56. The van der Waals surface area contributed by atoms with E-state index in [1.165, 1.54) is 16.6 Å². The highest BCUT2D eigenvalue weighted by molar-refractivity contribution is 7.89. The van der Waals surface area contributed by atoms with Crippen molar-refractivity contribution in [2.75, 3.05) is 13.1 Å². The van der Waals surface area contributed by atoms with Crippen LogP contribution in [0.1, 0.15) is 6.92 Å². The molecule has 1 aliphatic heterocycles. The van der Waals surface area contributed by atoms with Gasteiger partial charge >= 0.3 is 0 Å². The van der Waals surface area contributed by atoms with E-state index in [1.807, 2.05) is 0 Å². The van der Waals surface area contributed by atoms with Crippen molar-refractivity contribution in [1.82, 2.24) is 9.29 Å². The van der Waals surface area contributed by atoms with Crippen molar-refractivity contribution < 1.29 is 8.42 Å². The molecular formula is C10H11N3O2S. The Morgan fingerprint density at radius 1 is 1.50 bits per heavy atom.